The van der Waals surface area contributed by atoms with E-state index in [1.165, 1.54) is 153 Å². The zero-order chi connectivity index (χ0) is 59.4. The topological polar surface area (TPSA) is 79.7 Å². The van der Waals surface area contributed by atoms with Gasteiger partial charge in [0.25, 0.3) is 23.6 Å². The van der Waals surface area contributed by atoms with Crippen LogP contribution in [-0.2, 0) is 6.54 Å². The Morgan fingerprint density at radius 2 is 0.810 bits per heavy atom. The van der Waals surface area contributed by atoms with Gasteiger partial charge in [-0.3, -0.25) is 29.0 Å². The second-order valence-corrected chi connectivity index (χ2v) is 36.0. The quantitative estimate of drug-likeness (QED) is 0.0225. The fraction of sp³-hybridized carbons (Fsp3) is 0.600. The van der Waals surface area contributed by atoms with Crippen LogP contribution in [0.4, 0.5) is 0 Å². The van der Waals surface area contributed by atoms with E-state index in [0.29, 0.717) is 53.1 Å². The minimum Gasteiger partial charge on any atom is -0.339 e. The van der Waals surface area contributed by atoms with Gasteiger partial charge < -0.3 is 4.57 Å². The number of nitrogens with zero attached hydrogens (tertiary/aromatic N) is 3. The summed E-state index contributed by atoms with van der Waals surface area (Å²) in [6.07, 6.45) is 27.7. The Morgan fingerprint density at radius 1 is 0.405 bits per heavy atom. The number of carbonyl (C=O) groups excluding carboxylic acids is 4. The van der Waals surface area contributed by atoms with Gasteiger partial charge in [0.1, 0.15) is 8.07 Å². The van der Waals surface area contributed by atoms with Crippen molar-refractivity contribution in [2.75, 3.05) is 13.1 Å². The Bertz CT molecular complexity index is 3450. The first-order valence-corrected chi connectivity index (χ1v) is 40.5. The molecule has 0 N–H and O–H groups in total. The highest BCUT2D eigenvalue weighted by atomic mass is 32.1. The summed E-state index contributed by atoms with van der Waals surface area (Å²) in [7, 11) is -2.28. The average molecular weight is 1260 g/mol. The molecule has 14 heteroatoms. The number of aryl methyl sites for hydroxylation is 2. The lowest BCUT2D eigenvalue weighted by Crippen LogP contribution is -2.56. The number of amides is 4. The molecule has 0 fully saturated rings. The van der Waals surface area contributed by atoms with Crippen LogP contribution in [0.5, 0.6) is 0 Å². The van der Waals surface area contributed by atoms with E-state index in [2.05, 4.69) is 91.1 Å². The molecule has 10 rings (SSSR count). The Morgan fingerprint density at radius 3 is 1.30 bits per heavy atom. The lowest BCUT2D eigenvalue weighted by molar-refractivity contribution is 0.0636. The van der Waals surface area contributed by atoms with Crippen molar-refractivity contribution in [2.24, 2.45) is 17.8 Å². The molecule has 3 unspecified atom stereocenters. The van der Waals surface area contributed by atoms with Gasteiger partial charge in [0.2, 0.25) is 0 Å². The Kier molecular flexibility index (Phi) is 21.4. The first-order chi connectivity index (χ1) is 40.8. The van der Waals surface area contributed by atoms with Gasteiger partial charge in [0.05, 0.1) is 57.3 Å². The molecule has 7 aromatic heterocycles. The first-order valence-electron chi connectivity index (χ1n) is 33.2. The average Bonchev–Trinajstić information content (AvgIpc) is 1.87. The molecular weight excluding hydrogens is 1170 g/mol. The van der Waals surface area contributed by atoms with E-state index in [1.807, 2.05) is 29.6 Å². The van der Waals surface area contributed by atoms with E-state index in [9.17, 15) is 9.59 Å². The second-order valence-electron chi connectivity index (χ2n) is 25.3. The number of carbonyl (C=O) groups is 4. The molecule has 3 aliphatic heterocycles. The van der Waals surface area contributed by atoms with E-state index in [0.717, 1.165) is 93.6 Å². The summed E-state index contributed by atoms with van der Waals surface area (Å²) in [4.78, 5) is 73.6. The van der Waals surface area contributed by atoms with Crippen molar-refractivity contribution in [3.8, 4) is 39.0 Å². The van der Waals surface area contributed by atoms with E-state index >= 15 is 9.59 Å². The van der Waals surface area contributed by atoms with Crippen molar-refractivity contribution in [1.29, 1.82) is 0 Å². The van der Waals surface area contributed by atoms with Gasteiger partial charge in [-0.2, -0.15) is 0 Å². The van der Waals surface area contributed by atoms with Gasteiger partial charge in [0.15, 0.2) is 0 Å². The van der Waals surface area contributed by atoms with Crippen LogP contribution in [0.15, 0.2) is 24.3 Å². The van der Waals surface area contributed by atoms with E-state index in [4.69, 9.17) is 0 Å². The summed E-state index contributed by atoms with van der Waals surface area (Å²) in [5.74, 6) is 1.32. The molecule has 0 bridgehead atoms. The predicted molar refractivity (Wildman–Crippen MR) is 370 cm³/mol. The summed E-state index contributed by atoms with van der Waals surface area (Å²) in [6, 6.07) is 12.4. The Labute approximate surface area is 528 Å². The third-order valence-corrected chi connectivity index (χ3v) is 32.7. The van der Waals surface area contributed by atoms with Crippen molar-refractivity contribution >= 4 is 131 Å². The number of rotatable bonds is 35. The van der Waals surface area contributed by atoms with Crippen molar-refractivity contribution in [2.45, 2.75) is 242 Å². The number of imide groups is 2. The van der Waals surface area contributed by atoms with Crippen LogP contribution in [-0.4, -0.2) is 59.2 Å². The van der Waals surface area contributed by atoms with Gasteiger partial charge in [-0.25, -0.2) is 0 Å². The fourth-order valence-electron chi connectivity index (χ4n) is 14.4. The van der Waals surface area contributed by atoms with Gasteiger partial charge >= 0.3 is 0 Å². The molecule has 0 aliphatic carbocycles. The van der Waals surface area contributed by atoms with Crippen LogP contribution in [0.25, 0.3) is 59.5 Å². The second kappa shape index (κ2) is 28.3. The summed E-state index contributed by atoms with van der Waals surface area (Å²) < 4.78 is 4.92. The minimum atomic E-state index is -2.28. The van der Waals surface area contributed by atoms with Crippen molar-refractivity contribution in [3.63, 3.8) is 0 Å². The lowest BCUT2D eigenvalue weighted by atomic mass is 9.99. The number of hydrogen-bond acceptors (Lipinski definition) is 10. The SMILES string of the molecule is CCCCCCCCN1C(=O)c2c(C)sc(-c3cc4c(s3)c3sc(-c5sc(-c6cc7c(s6)-c6sc(C)cc6[Si]7(CC(CC)CCCC)CC(CC)CCCC)c6c5C(=O)N(CCCCCCCC)C6=O)cc3n4CC(CC)CCCC)c2C1=O. The van der Waals surface area contributed by atoms with Crippen LogP contribution in [0.1, 0.15) is 261 Å². The molecule has 0 spiro atoms. The van der Waals surface area contributed by atoms with Gasteiger partial charge in [0, 0.05) is 53.8 Å². The molecule has 4 amide bonds. The first kappa shape index (κ1) is 63.5. The van der Waals surface area contributed by atoms with Crippen LogP contribution >= 0.6 is 68.0 Å². The maximum atomic E-state index is 15.3. The summed E-state index contributed by atoms with van der Waals surface area (Å²) in [6.45, 7) is 24.7. The van der Waals surface area contributed by atoms with Crippen LogP contribution < -0.4 is 10.4 Å². The molecule has 3 atom stereocenters. The molecule has 0 radical (unpaired) electrons. The molecule has 7 nitrogen and oxygen atoms in total. The predicted octanol–water partition coefficient (Wildman–Crippen LogP) is 21.9. The largest absolute Gasteiger partial charge is 0.339 e. The van der Waals surface area contributed by atoms with Crippen LogP contribution in [0.3, 0.4) is 0 Å². The van der Waals surface area contributed by atoms with Crippen molar-refractivity contribution < 1.29 is 19.2 Å². The van der Waals surface area contributed by atoms with E-state index in [-0.39, 0.29) is 23.6 Å². The zero-order valence-electron chi connectivity index (χ0n) is 52.5. The molecule has 454 valence electrons. The highest BCUT2D eigenvalue weighted by Gasteiger charge is 2.51. The molecule has 0 aromatic carbocycles. The maximum Gasteiger partial charge on any atom is 0.263 e. The number of thiophene rings is 6. The third-order valence-electron chi connectivity index (χ3n) is 19.4. The number of hydrogen-bond donors (Lipinski definition) is 0. The lowest BCUT2D eigenvalue weighted by Gasteiger charge is -2.35. The smallest absolute Gasteiger partial charge is 0.263 e. The van der Waals surface area contributed by atoms with E-state index < -0.39 is 8.07 Å². The van der Waals surface area contributed by atoms with Crippen molar-refractivity contribution in [3.05, 3.63) is 56.3 Å². The summed E-state index contributed by atoms with van der Waals surface area (Å²) in [5, 5.41) is 3.30. The Hall–Kier alpha value is -3.50. The molecule has 3 aliphatic rings. The number of unbranched alkanes of at least 4 members (excludes halogenated alkanes) is 13. The van der Waals surface area contributed by atoms with Gasteiger partial charge in [-0.15, -0.1) is 68.0 Å². The standard InChI is InChI=1S/C70H95N3O4S6Si/c1-11-19-24-26-28-30-35-71-67(74)56-45(10)79-62(57(56)68(71)75)51-38-49-60(80-51)61-50(73(49)41-46(16-6)32-21-13-3)39-52(81-61)63-58-59(70(77)72(69(58)76)36-31-29-27-25-20-12-2)64(83-63)53-40-55-66(82-53)65-54(37-44(9)78-65)84(55,42-47(17-7)33-22-14-4)43-48(18-8)34-23-15-5/h37-40,46-48H,11-36,41-43H2,1-10H3. The van der Waals surface area contributed by atoms with Crippen LogP contribution in [0, 0.1) is 31.6 Å². The molecule has 0 saturated carbocycles. The molecule has 0 saturated heterocycles. The highest BCUT2D eigenvalue weighted by Crippen LogP contribution is 2.55. The summed E-state index contributed by atoms with van der Waals surface area (Å²) in [5.41, 5.74) is 4.78. The molecule has 84 heavy (non-hydrogen) atoms. The monoisotopic (exact) mass is 1260 g/mol. The van der Waals surface area contributed by atoms with Gasteiger partial charge in [-0.1, -0.05) is 190 Å². The molecule has 7 aromatic rings. The summed E-state index contributed by atoms with van der Waals surface area (Å²) >= 11 is 10.7. The molecular formula is C70H95N3O4S6Si. The fourth-order valence-corrected chi connectivity index (χ4v) is 30.0. The Balaban J connectivity index is 1.10. The number of aromatic nitrogens is 1. The zero-order valence-corrected chi connectivity index (χ0v) is 58.4. The minimum absolute atomic E-state index is 0.114. The maximum absolute atomic E-state index is 15.3. The highest BCUT2D eigenvalue weighted by molar-refractivity contribution is 7.35. The normalized spacial score (nSPS) is 16.8. The number of fused-ring (bicyclic) bond motifs is 8. The van der Waals surface area contributed by atoms with Crippen LogP contribution in [0.2, 0.25) is 12.1 Å². The third kappa shape index (κ3) is 12.2. The van der Waals surface area contributed by atoms with E-state index in [1.54, 1.807) is 60.6 Å². The molecule has 10 heterocycles. The van der Waals surface area contributed by atoms with Crippen molar-refractivity contribution in [1.82, 2.24) is 14.4 Å². The van der Waals surface area contributed by atoms with Gasteiger partial charge in [-0.05, 0) is 97.6 Å².